The van der Waals surface area contributed by atoms with Crippen LogP contribution in [0, 0.1) is 22.7 Å². The molecule has 0 amide bonds. The summed E-state index contributed by atoms with van der Waals surface area (Å²) < 4.78 is 0. The third kappa shape index (κ3) is 4.53. The minimum atomic E-state index is -1.06. The zero-order chi connectivity index (χ0) is 22.5. The van der Waals surface area contributed by atoms with E-state index in [-0.39, 0.29) is 22.0 Å². The standard InChI is InChI=1S/C24H20N4O2S/c1-14(2)15-8-10-16(11-9-15)20-18(12-25)22(27)28-23(19(20)13-26)31-21(24(29)30)17-6-4-3-5-7-17/h3-11,14,21H,1-2H3,(H2,27,28)(H,29,30). The van der Waals surface area contributed by atoms with Gasteiger partial charge in [-0.15, -0.1) is 0 Å². The van der Waals surface area contributed by atoms with Crippen molar-refractivity contribution < 1.29 is 9.90 Å². The van der Waals surface area contributed by atoms with Crippen molar-refractivity contribution in [3.8, 4) is 23.3 Å². The summed E-state index contributed by atoms with van der Waals surface area (Å²) in [7, 11) is 0. The predicted molar refractivity (Wildman–Crippen MR) is 120 cm³/mol. The number of aliphatic carboxylic acids is 1. The monoisotopic (exact) mass is 428 g/mol. The Labute approximate surface area is 185 Å². The maximum atomic E-state index is 12.0. The topological polar surface area (TPSA) is 124 Å². The van der Waals surface area contributed by atoms with E-state index in [1.165, 1.54) is 0 Å². The molecule has 1 heterocycles. The second-order valence-electron chi connectivity index (χ2n) is 7.17. The third-order valence-electron chi connectivity index (χ3n) is 4.84. The molecule has 0 aliphatic carbocycles. The van der Waals surface area contributed by atoms with E-state index in [1.54, 1.807) is 30.3 Å². The molecule has 2 aromatic carbocycles. The highest BCUT2D eigenvalue weighted by atomic mass is 32.2. The molecule has 1 unspecified atom stereocenters. The van der Waals surface area contributed by atoms with Crippen LogP contribution in [0.4, 0.5) is 5.82 Å². The van der Waals surface area contributed by atoms with Gasteiger partial charge in [-0.2, -0.15) is 10.5 Å². The van der Waals surface area contributed by atoms with E-state index in [0.717, 1.165) is 17.3 Å². The fourth-order valence-electron chi connectivity index (χ4n) is 3.21. The second kappa shape index (κ2) is 9.34. The van der Waals surface area contributed by atoms with E-state index in [9.17, 15) is 20.4 Å². The molecule has 0 aliphatic rings. The number of carboxylic acids is 1. The number of anilines is 1. The summed E-state index contributed by atoms with van der Waals surface area (Å²) in [5, 5.41) is 28.6. The molecule has 0 fully saturated rings. The molecule has 0 saturated carbocycles. The highest BCUT2D eigenvalue weighted by molar-refractivity contribution is 8.00. The van der Waals surface area contributed by atoms with E-state index >= 15 is 0 Å². The summed E-state index contributed by atoms with van der Waals surface area (Å²) in [6.07, 6.45) is 0. The van der Waals surface area contributed by atoms with Crippen LogP contribution in [-0.2, 0) is 4.79 Å². The first kappa shape index (κ1) is 21.9. The molecular weight excluding hydrogens is 408 g/mol. The van der Waals surface area contributed by atoms with Crippen molar-refractivity contribution in [3.05, 3.63) is 76.9 Å². The molecule has 6 nitrogen and oxygen atoms in total. The molecule has 3 N–H and O–H groups in total. The van der Waals surface area contributed by atoms with Gasteiger partial charge in [0.1, 0.15) is 33.8 Å². The van der Waals surface area contributed by atoms with E-state index in [1.807, 2.05) is 30.3 Å². The molecule has 31 heavy (non-hydrogen) atoms. The average Bonchev–Trinajstić information content (AvgIpc) is 2.77. The fourth-order valence-corrected chi connectivity index (χ4v) is 4.24. The Bertz CT molecular complexity index is 1190. The number of nitrogen functional groups attached to an aromatic ring is 1. The first-order valence-electron chi connectivity index (χ1n) is 9.55. The molecule has 1 aromatic heterocycles. The Morgan fingerprint density at radius 2 is 1.61 bits per heavy atom. The summed E-state index contributed by atoms with van der Waals surface area (Å²) >= 11 is 0.929. The lowest BCUT2D eigenvalue weighted by Crippen LogP contribution is -2.10. The number of benzene rings is 2. The minimum absolute atomic E-state index is 0.0378. The van der Waals surface area contributed by atoms with Crippen molar-refractivity contribution in [2.45, 2.75) is 30.0 Å². The largest absolute Gasteiger partial charge is 0.480 e. The van der Waals surface area contributed by atoms with Gasteiger partial charge < -0.3 is 10.8 Å². The molecule has 0 aliphatic heterocycles. The van der Waals surface area contributed by atoms with Crippen molar-refractivity contribution in [3.63, 3.8) is 0 Å². The van der Waals surface area contributed by atoms with Gasteiger partial charge in [0.25, 0.3) is 0 Å². The van der Waals surface area contributed by atoms with Gasteiger partial charge in [0.05, 0.1) is 5.56 Å². The quantitative estimate of drug-likeness (QED) is 0.522. The van der Waals surface area contributed by atoms with Crippen molar-refractivity contribution in [2.24, 2.45) is 0 Å². The number of nitrogens with two attached hydrogens (primary N) is 1. The fraction of sp³-hybridized carbons (Fsp3) is 0.167. The Kier molecular flexibility index (Phi) is 6.59. The van der Waals surface area contributed by atoms with Crippen LogP contribution in [0.5, 0.6) is 0 Å². The van der Waals surface area contributed by atoms with Crippen LogP contribution in [0.15, 0.2) is 59.6 Å². The van der Waals surface area contributed by atoms with Crippen LogP contribution in [-0.4, -0.2) is 16.1 Å². The summed E-state index contributed by atoms with van der Waals surface area (Å²) in [4.78, 5) is 16.2. The van der Waals surface area contributed by atoms with E-state index in [0.29, 0.717) is 22.6 Å². The maximum Gasteiger partial charge on any atom is 0.321 e. The van der Waals surface area contributed by atoms with Crippen molar-refractivity contribution in [2.75, 3.05) is 5.73 Å². The maximum absolute atomic E-state index is 12.0. The van der Waals surface area contributed by atoms with E-state index < -0.39 is 11.2 Å². The van der Waals surface area contributed by atoms with Crippen LogP contribution in [0.1, 0.15) is 47.3 Å². The van der Waals surface area contributed by atoms with Crippen molar-refractivity contribution in [1.29, 1.82) is 10.5 Å². The molecule has 0 radical (unpaired) electrons. The summed E-state index contributed by atoms with van der Waals surface area (Å²) in [6, 6.07) is 20.4. The molecule has 3 rings (SSSR count). The van der Waals surface area contributed by atoms with Gasteiger partial charge in [-0.25, -0.2) is 4.98 Å². The summed E-state index contributed by atoms with van der Waals surface area (Å²) in [6.45, 7) is 4.15. The normalized spacial score (nSPS) is 11.5. The van der Waals surface area contributed by atoms with Gasteiger partial charge in [0.2, 0.25) is 0 Å². The van der Waals surface area contributed by atoms with Gasteiger partial charge in [-0.05, 0) is 22.6 Å². The van der Waals surface area contributed by atoms with Gasteiger partial charge in [-0.3, -0.25) is 4.79 Å². The lowest BCUT2D eigenvalue weighted by atomic mass is 9.94. The highest BCUT2D eigenvalue weighted by Gasteiger charge is 2.27. The lowest BCUT2D eigenvalue weighted by molar-refractivity contribution is -0.136. The number of nitrogens with zero attached hydrogens (tertiary/aromatic N) is 3. The number of pyridine rings is 1. The van der Waals surface area contributed by atoms with Gasteiger partial charge in [0.15, 0.2) is 0 Å². The lowest BCUT2D eigenvalue weighted by Gasteiger charge is -2.17. The number of carbonyl (C=O) groups is 1. The number of rotatable bonds is 6. The molecule has 0 bridgehead atoms. The molecule has 7 heteroatoms. The Hall–Kier alpha value is -3.81. The SMILES string of the molecule is CC(C)c1ccc(-c2c(C#N)c(N)nc(SC(C(=O)O)c3ccccc3)c2C#N)cc1. The third-order valence-corrected chi connectivity index (χ3v) is 6.07. The van der Waals surface area contributed by atoms with E-state index in [4.69, 9.17) is 5.73 Å². The Morgan fingerprint density at radius 3 is 2.13 bits per heavy atom. The van der Waals surface area contributed by atoms with Gasteiger partial charge in [0, 0.05) is 5.56 Å². The zero-order valence-electron chi connectivity index (χ0n) is 17.0. The molecule has 0 saturated heterocycles. The number of hydrogen-bond acceptors (Lipinski definition) is 6. The van der Waals surface area contributed by atoms with Crippen LogP contribution >= 0.6 is 11.8 Å². The first-order chi connectivity index (χ1) is 14.9. The van der Waals surface area contributed by atoms with Gasteiger partial charge >= 0.3 is 5.97 Å². The minimum Gasteiger partial charge on any atom is -0.480 e. The van der Waals surface area contributed by atoms with Gasteiger partial charge in [-0.1, -0.05) is 80.2 Å². The highest BCUT2D eigenvalue weighted by Crippen LogP contribution is 2.41. The molecule has 154 valence electrons. The molecule has 3 aromatic rings. The zero-order valence-corrected chi connectivity index (χ0v) is 17.9. The van der Waals surface area contributed by atoms with Crippen LogP contribution in [0.25, 0.3) is 11.1 Å². The van der Waals surface area contributed by atoms with Crippen LogP contribution in [0.2, 0.25) is 0 Å². The molecule has 0 spiro atoms. The second-order valence-corrected chi connectivity index (χ2v) is 8.27. The Morgan fingerprint density at radius 1 is 1.00 bits per heavy atom. The first-order valence-corrected chi connectivity index (χ1v) is 10.4. The number of thioether (sulfide) groups is 1. The number of hydrogen-bond donors (Lipinski definition) is 2. The van der Waals surface area contributed by atoms with Crippen molar-refractivity contribution in [1.82, 2.24) is 4.98 Å². The average molecular weight is 429 g/mol. The van der Waals surface area contributed by atoms with Crippen LogP contribution < -0.4 is 5.73 Å². The Balaban J connectivity index is 2.18. The molecular formula is C24H20N4O2S. The summed E-state index contributed by atoms with van der Waals surface area (Å²) in [5.41, 5.74) is 9.00. The van der Waals surface area contributed by atoms with E-state index in [2.05, 4.69) is 24.9 Å². The smallest absolute Gasteiger partial charge is 0.321 e. The summed E-state index contributed by atoms with van der Waals surface area (Å²) in [5.74, 6) is -0.771. The number of nitriles is 2. The number of aromatic nitrogens is 1. The van der Waals surface area contributed by atoms with Crippen LogP contribution in [0.3, 0.4) is 0 Å². The predicted octanol–water partition coefficient (Wildman–Crippen LogP) is 5.12. The molecule has 1 atom stereocenters. The van der Waals surface area contributed by atoms with Crippen molar-refractivity contribution >= 4 is 23.5 Å². The number of carboxylic acid groups (broad SMARTS) is 1.